The maximum atomic E-state index is 12.9. The summed E-state index contributed by atoms with van der Waals surface area (Å²) in [5, 5.41) is 5.14. The Morgan fingerprint density at radius 1 is 1.44 bits per heavy atom. The standard InChI is InChI=1S/C11H16F2N2O/c12-11(13)5-1-2-10(15-11)14-8-9-3-6-16-7-4-9/h1-2,5,9,14-15H,3-4,6-8H2. The van der Waals surface area contributed by atoms with Crippen LogP contribution in [0.15, 0.2) is 24.0 Å². The summed E-state index contributed by atoms with van der Waals surface area (Å²) in [6.45, 7) is 2.26. The van der Waals surface area contributed by atoms with Crippen LogP contribution < -0.4 is 10.6 Å². The third-order valence-electron chi connectivity index (χ3n) is 2.79. The number of halogens is 2. The predicted octanol–water partition coefficient (Wildman–Crippen LogP) is 1.60. The van der Waals surface area contributed by atoms with Gasteiger partial charge in [0.05, 0.1) is 0 Å². The fourth-order valence-corrected chi connectivity index (χ4v) is 1.84. The lowest BCUT2D eigenvalue weighted by atomic mass is 10.0. The molecule has 0 aliphatic carbocycles. The van der Waals surface area contributed by atoms with Crippen LogP contribution in [0.3, 0.4) is 0 Å². The molecule has 0 aromatic heterocycles. The van der Waals surface area contributed by atoms with E-state index in [1.165, 1.54) is 6.08 Å². The van der Waals surface area contributed by atoms with E-state index in [2.05, 4.69) is 10.6 Å². The Morgan fingerprint density at radius 2 is 2.19 bits per heavy atom. The molecule has 2 heterocycles. The molecule has 2 aliphatic heterocycles. The van der Waals surface area contributed by atoms with Gasteiger partial charge in [-0.2, -0.15) is 8.78 Å². The highest BCUT2D eigenvalue weighted by atomic mass is 19.3. The third-order valence-corrected chi connectivity index (χ3v) is 2.79. The van der Waals surface area contributed by atoms with E-state index in [-0.39, 0.29) is 0 Å². The topological polar surface area (TPSA) is 33.3 Å². The van der Waals surface area contributed by atoms with Gasteiger partial charge in [-0.25, -0.2) is 0 Å². The van der Waals surface area contributed by atoms with Crippen LogP contribution in [-0.4, -0.2) is 25.8 Å². The van der Waals surface area contributed by atoms with Crippen molar-refractivity contribution in [2.45, 2.75) is 18.9 Å². The van der Waals surface area contributed by atoms with Gasteiger partial charge < -0.3 is 15.4 Å². The van der Waals surface area contributed by atoms with E-state index >= 15 is 0 Å². The van der Waals surface area contributed by atoms with Gasteiger partial charge in [0.1, 0.15) is 5.82 Å². The lowest BCUT2D eigenvalue weighted by molar-refractivity contribution is 0.0233. The summed E-state index contributed by atoms with van der Waals surface area (Å²) < 4.78 is 31.1. The lowest BCUT2D eigenvalue weighted by Gasteiger charge is -2.26. The van der Waals surface area contributed by atoms with E-state index in [4.69, 9.17) is 4.74 Å². The van der Waals surface area contributed by atoms with Crippen LogP contribution in [0.5, 0.6) is 0 Å². The number of hydrogen-bond donors (Lipinski definition) is 2. The molecule has 0 aromatic carbocycles. The molecule has 0 unspecified atom stereocenters. The molecule has 0 bridgehead atoms. The first kappa shape index (κ1) is 11.4. The fourth-order valence-electron chi connectivity index (χ4n) is 1.84. The van der Waals surface area contributed by atoms with Gasteiger partial charge in [-0.1, -0.05) is 6.08 Å². The van der Waals surface area contributed by atoms with Crippen LogP contribution in [-0.2, 0) is 4.74 Å². The van der Waals surface area contributed by atoms with Crippen LogP contribution in [0.4, 0.5) is 8.78 Å². The van der Waals surface area contributed by atoms with E-state index < -0.39 is 6.05 Å². The highest BCUT2D eigenvalue weighted by molar-refractivity contribution is 5.19. The minimum absolute atomic E-state index is 0.388. The van der Waals surface area contributed by atoms with Crippen molar-refractivity contribution in [1.82, 2.24) is 10.6 Å². The number of dihydropyridines is 1. The Hall–Kier alpha value is -1.10. The lowest BCUT2D eigenvalue weighted by Crippen LogP contribution is -2.42. The molecular formula is C11H16F2N2O. The molecular weight excluding hydrogens is 214 g/mol. The van der Waals surface area contributed by atoms with Gasteiger partial charge in [0.2, 0.25) is 0 Å². The van der Waals surface area contributed by atoms with E-state index in [9.17, 15) is 8.78 Å². The van der Waals surface area contributed by atoms with Gasteiger partial charge in [0.15, 0.2) is 0 Å². The summed E-state index contributed by atoms with van der Waals surface area (Å²) in [5.74, 6) is 0.898. The molecule has 16 heavy (non-hydrogen) atoms. The molecule has 0 spiro atoms. The molecule has 2 aliphatic rings. The summed E-state index contributed by atoms with van der Waals surface area (Å²) in [6.07, 6.45) is 5.81. The first-order valence-electron chi connectivity index (χ1n) is 5.53. The minimum Gasteiger partial charge on any atom is -0.381 e. The molecule has 0 aromatic rings. The molecule has 3 nitrogen and oxygen atoms in total. The Morgan fingerprint density at radius 3 is 2.88 bits per heavy atom. The smallest absolute Gasteiger partial charge is 0.344 e. The van der Waals surface area contributed by atoms with Gasteiger partial charge in [0, 0.05) is 25.8 Å². The molecule has 1 fully saturated rings. The van der Waals surface area contributed by atoms with Gasteiger partial charge in [-0.3, -0.25) is 0 Å². The zero-order valence-corrected chi connectivity index (χ0v) is 9.01. The second-order valence-corrected chi connectivity index (χ2v) is 4.12. The van der Waals surface area contributed by atoms with Crippen molar-refractivity contribution < 1.29 is 13.5 Å². The van der Waals surface area contributed by atoms with Crippen molar-refractivity contribution >= 4 is 0 Å². The Balaban J connectivity index is 1.77. The van der Waals surface area contributed by atoms with Gasteiger partial charge >= 0.3 is 6.05 Å². The molecule has 0 radical (unpaired) electrons. The van der Waals surface area contributed by atoms with Crippen molar-refractivity contribution in [3.8, 4) is 0 Å². The van der Waals surface area contributed by atoms with E-state index in [1.807, 2.05) is 0 Å². The quantitative estimate of drug-likeness (QED) is 0.722. The molecule has 1 saturated heterocycles. The first-order chi connectivity index (χ1) is 7.66. The molecule has 0 saturated carbocycles. The van der Waals surface area contributed by atoms with E-state index in [0.717, 1.165) is 32.1 Å². The maximum Gasteiger partial charge on any atom is 0.344 e. The normalized spacial score (nSPS) is 24.8. The zero-order chi connectivity index (χ0) is 11.4. The molecule has 0 amide bonds. The molecule has 2 N–H and O–H groups in total. The number of nitrogens with one attached hydrogen (secondary N) is 2. The number of hydrogen-bond acceptors (Lipinski definition) is 3. The summed E-state index contributed by atoms with van der Waals surface area (Å²) in [4.78, 5) is 0. The maximum absolute atomic E-state index is 12.9. The Kier molecular flexibility index (Phi) is 3.43. The van der Waals surface area contributed by atoms with Crippen molar-refractivity contribution in [3.63, 3.8) is 0 Å². The average molecular weight is 230 g/mol. The Bertz CT molecular complexity index is 296. The summed E-state index contributed by atoms with van der Waals surface area (Å²) in [6, 6.07) is -2.94. The molecule has 0 atom stereocenters. The summed E-state index contributed by atoms with van der Waals surface area (Å²) >= 11 is 0. The van der Waals surface area contributed by atoms with Crippen LogP contribution in [0, 0.1) is 5.92 Å². The predicted molar refractivity (Wildman–Crippen MR) is 56.9 cm³/mol. The summed E-state index contributed by atoms with van der Waals surface area (Å²) in [5.41, 5.74) is 0. The van der Waals surface area contributed by atoms with Crippen LogP contribution in [0.25, 0.3) is 0 Å². The highest BCUT2D eigenvalue weighted by Gasteiger charge is 2.27. The van der Waals surface area contributed by atoms with Crippen molar-refractivity contribution in [2.75, 3.05) is 19.8 Å². The molecule has 5 heteroatoms. The van der Waals surface area contributed by atoms with E-state index in [0.29, 0.717) is 18.3 Å². The largest absolute Gasteiger partial charge is 0.381 e. The number of allylic oxidation sites excluding steroid dienone is 2. The van der Waals surface area contributed by atoms with Gasteiger partial charge in [-0.05, 0) is 24.8 Å². The number of alkyl halides is 2. The van der Waals surface area contributed by atoms with Crippen molar-refractivity contribution in [2.24, 2.45) is 5.92 Å². The molecule has 2 rings (SSSR count). The minimum atomic E-state index is -2.94. The van der Waals surface area contributed by atoms with Crippen molar-refractivity contribution in [3.05, 3.63) is 24.0 Å². The van der Waals surface area contributed by atoms with Crippen LogP contribution in [0.2, 0.25) is 0 Å². The fraction of sp³-hybridized carbons (Fsp3) is 0.636. The van der Waals surface area contributed by atoms with E-state index in [1.54, 1.807) is 6.08 Å². The average Bonchev–Trinajstić information content (AvgIpc) is 2.27. The zero-order valence-electron chi connectivity index (χ0n) is 9.01. The second kappa shape index (κ2) is 4.82. The second-order valence-electron chi connectivity index (χ2n) is 4.12. The SMILES string of the molecule is FC1(F)C=CC=C(NCC2CCOCC2)N1. The monoisotopic (exact) mass is 230 g/mol. The van der Waals surface area contributed by atoms with Crippen molar-refractivity contribution in [1.29, 1.82) is 0 Å². The summed E-state index contributed by atoms with van der Waals surface area (Å²) in [7, 11) is 0. The third kappa shape index (κ3) is 3.20. The first-order valence-corrected chi connectivity index (χ1v) is 5.53. The van der Waals surface area contributed by atoms with Crippen LogP contribution >= 0.6 is 0 Å². The highest BCUT2D eigenvalue weighted by Crippen LogP contribution is 2.17. The Labute approximate surface area is 93.5 Å². The van der Waals surface area contributed by atoms with Gasteiger partial charge in [-0.15, -0.1) is 0 Å². The number of ether oxygens (including phenoxy) is 1. The molecule has 90 valence electrons. The van der Waals surface area contributed by atoms with Crippen LogP contribution in [0.1, 0.15) is 12.8 Å². The number of rotatable bonds is 3. The van der Waals surface area contributed by atoms with Gasteiger partial charge in [0.25, 0.3) is 0 Å².